The summed E-state index contributed by atoms with van der Waals surface area (Å²) in [7, 11) is 0. The third kappa shape index (κ3) is 3.02. The number of carbonyl (C=O) groups excluding carboxylic acids is 1. The Morgan fingerprint density at radius 3 is 2.75 bits per heavy atom. The van der Waals surface area contributed by atoms with Gasteiger partial charge in [0.05, 0.1) is 22.3 Å². The number of piperidine rings is 1. The smallest absolute Gasteiger partial charge is 0.233 e. The lowest BCUT2D eigenvalue weighted by Crippen LogP contribution is -2.40. The minimum Gasteiger partial charge on any atom is -0.342 e. The van der Waals surface area contributed by atoms with E-state index in [9.17, 15) is 4.79 Å². The molecular formula is C22H22N4OS. The van der Waals surface area contributed by atoms with Crippen LogP contribution in [0.2, 0.25) is 0 Å². The van der Waals surface area contributed by atoms with E-state index < -0.39 is 0 Å². The molecule has 5 nitrogen and oxygen atoms in total. The number of benzene rings is 2. The van der Waals surface area contributed by atoms with Crippen LogP contribution in [0.4, 0.5) is 0 Å². The lowest BCUT2D eigenvalue weighted by molar-refractivity contribution is -0.130. The third-order valence-electron chi connectivity index (χ3n) is 5.45. The Morgan fingerprint density at radius 2 is 1.89 bits per heavy atom. The van der Waals surface area contributed by atoms with E-state index in [4.69, 9.17) is 9.97 Å². The Hall–Kier alpha value is -2.60. The molecular weight excluding hydrogens is 368 g/mol. The Morgan fingerprint density at radius 1 is 1.11 bits per heavy atom. The zero-order valence-electron chi connectivity index (χ0n) is 15.8. The van der Waals surface area contributed by atoms with Gasteiger partial charge in [0.1, 0.15) is 5.65 Å². The van der Waals surface area contributed by atoms with E-state index in [1.165, 1.54) is 18.2 Å². The van der Waals surface area contributed by atoms with E-state index in [1.807, 2.05) is 41.3 Å². The fourth-order valence-corrected chi connectivity index (χ4v) is 4.96. The van der Waals surface area contributed by atoms with E-state index in [0.717, 1.165) is 52.3 Å². The Labute approximate surface area is 167 Å². The van der Waals surface area contributed by atoms with Gasteiger partial charge in [0.25, 0.3) is 0 Å². The number of nitrogens with zero attached hydrogens (tertiary/aromatic N) is 4. The number of hydrogen-bond acceptors (Lipinski definition) is 4. The van der Waals surface area contributed by atoms with Gasteiger partial charge in [-0.2, -0.15) is 0 Å². The number of rotatable bonds is 3. The molecule has 28 heavy (non-hydrogen) atoms. The highest BCUT2D eigenvalue weighted by Gasteiger charge is 2.22. The largest absolute Gasteiger partial charge is 0.342 e. The van der Waals surface area contributed by atoms with E-state index in [2.05, 4.69) is 23.5 Å². The van der Waals surface area contributed by atoms with Crippen LogP contribution < -0.4 is 0 Å². The standard InChI is InChI=1S/C22H22N4OS/c1-15-7-6-12-25(13-15)20(27)14-28-22-24-17-9-3-2-8-16(17)21-23-18-10-4-5-11-19(18)26(21)22/h2-5,8-11,15H,6-7,12-14H2,1H3/t15-/m1/s1. The lowest BCUT2D eigenvalue weighted by atomic mass is 10.0. The van der Waals surface area contributed by atoms with Crippen LogP contribution in [0.25, 0.3) is 27.6 Å². The summed E-state index contributed by atoms with van der Waals surface area (Å²) in [5.41, 5.74) is 3.77. The van der Waals surface area contributed by atoms with E-state index in [0.29, 0.717) is 11.7 Å². The van der Waals surface area contributed by atoms with Gasteiger partial charge in [0, 0.05) is 18.5 Å². The summed E-state index contributed by atoms with van der Waals surface area (Å²) in [4.78, 5) is 24.5. The van der Waals surface area contributed by atoms with Gasteiger partial charge in [0.15, 0.2) is 5.16 Å². The van der Waals surface area contributed by atoms with Gasteiger partial charge in [-0.25, -0.2) is 9.97 Å². The van der Waals surface area contributed by atoms with Crippen LogP contribution in [-0.2, 0) is 4.79 Å². The Bertz CT molecular complexity index is 1190. The van der Waals surface area contributed by atoms with Crippen molar-refractivity contribution in [1.82, 2.24) is 19.3 Å². The van der Waals surface area contributed by atoms with Crippen LogP contribution in [0.5, 0.6) is 0 Å². The second-order valence-corrected chi connectivity index (χ2v) is 8.49. The number of thioether (sulfide) groups is 1. The highest BCUT2D eigenvalue weighted by molar-refractivity contribution is 7.99. The summed E-state index contributed by atoms with van der Waals surface area (Å²) in [6, 6.07) is 16.2. The molecule has 0 saturated carbocycles. The van der Waals surface area contributed by atoms with Crippen molar-refractivity contribution in [3.05, 3.63) is 48.5 Å². The molecule has 1 atom stereocenters. The zero-order chi connectivity index (χ0) is 19.1. The van der Waals surface area contributed by atoms with Gasteiger partial charge in [-0.15, -0.1) is 0 Å². The average Bonchev–Trinajstić information content (AvgIpc) is 3.12. The predicted molar refractivity (Wildman–Crippen MR) is 114 cm³/mol. The molecule has 1 saturated heterocycles. The van der Waals surface area contributed by atoms with Crippen molar-refractivity contribution in [2.45, 2.75) is 24.9 Å². The molecule has 5 rings (SSSR count). The molecule has 0 N–H and O–H groups in total. The maximum absolute atomic E-state index is 12.8. The maximum Gasteiger partial charge on any atom is 0.233 e. The molecule has 0 unspecified atom stereocenters. The van der Waals surface area contributed by atoms with E-state index in [-0.39, 0.29) is 5.91 Å². The summed E-state index contributed by atoms with van der Waals surface area (Å²) in [5.74, 6) is 1.19. The summed E-state index contributed by atoms with van der Waals surface area (Å²) in [5, 5.41) is 1.85. The molecule has 1 aliphatic heterocycles. The number of imidazole rings is 1. The highest BCUT2D eigenvalue weighted by Crippen LogP contribution is 2.29. The molecule has 0 aliphatic carbocycles. The van der Waals surface area contributed by atoms with E-state index in [1.54, 1.807) is 0 Å². The van der Waals surface area contributed by atoms with Crippen molar-refractivity contribution in [3.63, 3.8) is 0 Å². The van der Waals surface area contributed by atoms with Crippen LogP contribution in [0.3, 0.4) is 0 Å². The van der Waals surface area contributed by atoms with Gasteiger partial charge in [-0.3, -0.25) is 9.20 Å². The number of amides is 1. The van der Waals surface area contributed by atoms with Crippen LogP contribution in [0.15, 0.2) is 53.7 Å². The minimum absolute atomic E-state index is 0.198. The number of likely N-dealkylation sites (tertiary alicyclic amines) is 1. The average molecular weight is 391 g/mol. The lowest BCUT2D eigenvalue weighted by Gasteiger charge is -2.30. The zero-order valence-corrected chi connectivity index (χ0v) is 16.7. The normalized spacial score (nSPS) is 17.6. The van der Waals surface area contributed by atoms with Crippen molar-refractivity contribution in [2.24, 2.45) is 5.92 Å². The molecule has 0 spiro atoms. The molecule has 1 fully saturated rings. The summed E-state index contributed by atoms with van der Waals surface area (Å²) >= 11 is 1.51. The number of hydrogen-bond donors (Lipinski definition) is 0. The van der Waals surface area contributed by atoms with Crippen molar-refractivity contribution < 1.29 is 4.79 Å². The number of carbonyl (C=O) groups is 1. The monoisotopic (exact) mass is 390 g/mol. The third-order valence-corrected chi connectivity index (χ3v) is 6.37. The van der Waals surface area contributed by atoms with Gasteiger partial charge >= 0.3 is 0 Å². The number of aromatic nitrogens is 3. The molecule has 2 aromatic heterocycles. The minimum atomic E-state index is 0.198. The second kappa shape index (κ2) is 7.09. The molecule has 1 amide bonds. The first-order valence-corrected chi connectivity index (χ1v) is 10.8. The number of fused-ring (bicyclic) bond motifs is 5. The molecule has 0 radical (unpaired) electrons. The van der Waals surface area contributed by atoms with Crippen LogP contribution in [0, 0.1) is 5.92 Å². The summed E-state index contributed by atoms with van der Waals surface area (Å²) in [6.45, 7) is 3.96. The number of para-hydroxylation sites is 3. The molecule has 4 aromatic rings. The van der Waals surface area contributed by atoms with Crippen molar-refractivity contribution in [2.75, 3.05) is 18.8 Å². The molecule has 0 bridgehead atoms. The Balaban J connectivity index is 1.55. The van der Waals surface area contributed by atoms with Gasteiger partial charge < -0.3 is 4.90 Å². The topological polar surface area (TPSA) is 50.5 Å². The molecule has 1 aliphatic rings. The quantitative estimate of drug-likeness (QED) is 0.385. The van der Waals surface area contributed by atoms with Crippen molar-refractivity contribution in [1.29, 1.82) is 0 Å². The summed E-state index contributed by atoms with van der Waals surface area (Å²) in [6.07, 6.45) is 2.31. The van der Waals surface area contributed by atoms with Crippen LogP contribution >= 0.6 is 11.8 Å². The fourth-order valence-electron chi connectivity index (χ4n) is 4.04. The predicted octanol–water partition coefficient (Wildman–Crippen LogP) is 4.39. The van der Waals surface area contributed by atoms with Crippen molar-refractivity contribution >= 4 is 45.3 Å². The van der Waals surface area contributed by atoms with Crippen LogP contribution in [-0.4, -0.2) is 44.0 Å². The second-order valence-electron chi connectivity index (χ2n) is 7.55. The fraction of sp³-hybridized carbons (Fsp3) is 0.318. The first-order chi connectivity index (χ1) is 13.7. The first kappa shape index (κ1) is 17.5. The van der Waals surface area contributed by atoms with Gasteiger partial charge in [0.2, 0.25) is 5.91 Å². The molecule has 2 aromatic carbocycles. The Kier molecular flexibility index (Phi) is 4.43. The van der Waals surface area contributed by atoms with Gasteiger partial charge in [-0.1, -0.05) is 43.0 Å². The SMILES string of the molecule is C[C@@H]1CCCN(C(=O)CSc2nc3ccccc3c3nc4ccccc4n23)C1. The molecule has 6 heteroatoms. The molecule has 142 valence electrons. The molecule has 3 heterocycles. The van der Waals surface area contributed by atoms with Crippen LogP contribution in [0.1, 0.15) is 19.8 Å². The maximum atomic E-state index is 12.8. The first-order valence-electron chi connectivity index (χ1n) is 9.77. The summed E-state index contributed by atoms with van der Waals surface area (Å²) < 4.78 is 2.09. The van der Waals surface area contributed by atoms with Crippen molar-refractivity contribution in [3.8, 4) is 0 Å². The van der Waals surface area contributed by atoms with Gasteiger partial charge in [-0.05, 0) is 43.0 Å². The van der Waals surface area contributed by atoms with E-state index >= 15 is 0 Å². The highest BCUT2D eigenvalue weighted by atomic mass is 32.2.